The predicted octanol–water partition coefficient (Wildman–Crippen LogP) is 0.357. The van der Waals surface area contributed by atoms with Crippen LogP contribution in [0, 0.1) is 0 Å². The van der Waals surface area contributed by atoms with Crippen molar-refractivity contribution in [2.24, 2.45) is 0 Å². The second-order valence-electron chi connectivity index (χ2n) is 4.29. The molecule has 0 saturated carbocycles. The zero-order chi connectivity index (χ0) is 12.8. The molecule has 1 saturated heterocycles. The molecule has 1 aliphatic rings. The second kappa shape index (κ2) is 6.63. The van der Waals surface area contributed by atoms with Crippen molar-refractivity contribution in [2.45, 2.75) is 25.5 Å². The standard InChI is InChI=1S/C12H19N3O3/c1-17-6-4-13-8-9-7-11(16)15-12(14-9)10-3-2-5-18-10/h7,10,13H,2-6,8H2,1H3,(H,14,15,16). The Morgan fingerprint density at radius 1 is 1.67 bits per heavy atom. The van der Waals surface area contributed by atoms with Crippen LogP contribution in [-0.4, -0.2) is 36.8 Å². The monoisotopic (exact) mass is 253 g/mol. The quantitative estimate of drug-likeness (QED) is 0.716. The Morgan fingerprint density at radius 3 is 3.28 bits per heavy atom. The summed E-state index contributed by atoms with van der Waals surface area (Å²) in [6, 6.07) is 1.51. The molecule has 0 radical (unpaired) electrons. The molecule has 18 heavy (non-hydrogen) atoms. The molecule has 1 aliphatic heterocycles. The SMILES string of the molecule is COCCNCc1cc(=O)[nH]c(C2CCCO2)n1. The maximum atomic E-state index is 11.6. The molecule has 0 spiro atoms. The summed E-state index contributed by atoms with van der Waals surface area (Å²) in [5.74, 6) is 0.642. The van der Waals surface area contributed by atoms with Gasteiger partial charge in [0, 0.05) is 32.9 Å². The van der Waals surface area contributed by atoms with Crippen LogP contribution in [0.15, 0.2) is 10.9 Å². The molecule has 1 atom stereocenters. The van der Waals surface area contributed by atoms with Crippen LogP contribution in [0.3, 0.4) is 0 Å². The van der Waals surface area contributed by atoms with Gasteiger partial charge in [-0.15, -0.1) is 0 Å². The summed E-state index contributed by atoms with van der Waals surface area (Å²) in [5, 5.41) is 3.17. The van der Waals surface area contributed by atoms with Crippen molar-refractivity contribution in [1.82, 2.24) is 15.3 Å². The highest BCUT2D eigenvalue weighted by molar-refractivity contribution is 5.05. The predicted molar refractivity (Wildman–Crippen MR) is 66.4 cm³/mol. The van der Waals surface area contributed by atoms with Crippen LogP contribution in [-0.2, 0) is 16.0 Å². The van der Waals surface area contributed by atoms with E-state index < -0.39 is 0 Å². The Bertz CT molecular complexity index is 427. The van der Waals surface area contributed by atoms with Crippen molar-refractivity contribution >= 4 is 0 Å². The fourth-order valence-corrected chi connectivity index (χ4v) is 1.96. The highest BCUT2D eigenvalue weighted by Gasteiger charge is 2.20. The number of nitrogens with zero attached hydrogens (tertiary/aromatic N) is 1. The van der Waals surface area contributed by atoms with Crippen LogP contribution in [0.1, 0.15) is 30.5 Å². The molecule has 2 heterocycles. The van der Waals surface area contributed by atoms with Gasteiger partial charge in [0.05, 0.1) is 12.3 Å². The smallest absolute Gasteiger partial charge is 0.251 e. The lowest BCUT2D eigenvalue weighted by Gasteiger charge is -2.10. The molecule has 6 nitrogen and oxygen atoms in total. The van der Waals surface area contributed by atoms with Crippen LogP contribution in [0.4, 0.5) is 0 Å². The Kier molecular flexibility index (Phi) is 4.86. The van der Waals surface area contributed by atoms with Gasteiger partial charge >= 0.3 is 0 Å². The van der Waals surface area contributed by atoms with Crippen molar-refractivity contribution < 1.29 is 9.47 Å². The Morgan fingerprint density at radius 2 is 2.56 bits per heavy atom. The van der Waals surface area contributed by atoms with E-state index in [2.05, 4.69) is 15.3 Å². The maximum Gasteiger partial charge on any atom is 0.251 e. The zero-order valence-electron chi connectivity index (χ0n) is 10.6. The van der Waals surface area contributed by atoms with Gasteiger partial charge in [0.15, 0.2) is 0 Å². The summed E-state index contributed by atoms with van der Waals surface area (Å²) in [7, 11) is 1.66. The molecular formula is C12H19N3O3. The van der Waals surface area contributed by atoms with Gasteiger partial charge in [-0.05, 0) is 12.8 Å². The number of hydrogen-bond donors (Lipinski definition) is 2. The Labute approximate surface area is 106 Å². The summed E-state index contributed by atoms with van der Waals surface area (Å²) < 4.78 is 10.5. The molecule has 0 amide bonds. The van der Waals surface area contributed by atoms with Crippen LogP contribution >= 0.6 is 0 Å². The molecule has 2 rings (SSSR count). The van der Waals surface area contributed by atoms with Crippen LogP contribution < -0.4 is 10.9 Å². The second-order valence-corrected chi connectivity index (χ2v) is 4.29. The lowest BCUT2D eigenvalue weighted by atomic mass is 10.2. The normalized spacial score (nSPS) is 19.3. The number of rotatable bonds is 6. The van der Waals surface area contributed by atoms with Crippen LogP contribution in [0.25, 0.3) is 0 Å². The number of aromatic amines is 1. The van der Waals surface area contributed by atoms with Gasteiger partial charge in [-0.3, -0.25) is 4.79 Å². The summed E-state index contributed by atoms with van der Waals surface area (Å²) in [5.41, 5.74) is 0.611. The topological polar surface area (TPSA) is 76.2 Å². The highest BCUT2D eigenvalue weighted by atomic mass is 16.5. The molecule has 1 unspecified atom stereocenters. The number of aromatic nitrogens is 2. The van der Waals surface area contributed by atoms with Crippen molar-refractivity contribution in [3.8, 4) is 0 Å². The van der Waals surface area contributed by atoms with Gasteiger partial charge in [-0.1, -0.05) is 0 Å². The van der Waals surface area contributed by atoms with E-state index in [0.29, 0.717) is 19.0 Å². The van der Waals surface area contributed by atoms with Crippen molar-refractivity contribution in [1.29, 1.82) is 0 Å². The van der Waals surface area contributed by atoms with Crippen molar-refractivity contribution in [2.75, 3.05) is 26.9 Å². The van der Waals surface area contributed by atoms with Gasteiger partial charge in [-0.25, -0.2) is 4.98 Å². The van der Waals surface area contributed by atoms with Crippen LogP contribution in [0.5, 0.6) is 0 Å². The summed E-state index contributed by atoms with van der Waals surface area (Å²) in [6.07, 6.45) is 1.88. The third kappa shape index (κ3) is 3.63. The number of nitrogens with one attached hydrogen (secondary N) is 2. The van der Waals surface area contributed by atoms with Gasteiger partial charge in [0.25, 0.3) is 5.56 Å². The summed E-state index contributed by atoms with van der Waals surface area (Å²) in [6.45, 7) is 2.68. The summed E-state index contributed by atoms with van der Waals surface area (Å²) in [4.78, 5) is 18.7. The Balaban J connectivity index is 1.99. The number of hydrogen-bond acceptors (Lipinski definition) is 5. The molecule has 1 aromatic heterocycles. The largest absolute Gasteiger partial charge is 0.383 e. The van der Waals surface area contributed by atoms with Crippen molar-refractivity contribution in [3.63, 3.8) is 0 Å². The lowest BCUT2D eigenvalue weighted by molar-refractivity contribution is 0.104. The Hall–Kier alpha value is -1.24. The average Bonchev–Trinajstić information content (AvgIpc) is 2.88. The molecule has 100 valence electrons. The maximum absolute atomic E-state index is 11.6. The van der Waals surface area contributed by atoms with E-state index >= 15 is 0 Å². The van der Waals surface area contributed by atoms with Crippen LogP contribution in [0.2, 0.25) is 0 Å². The average molecular weight is 253 g/mol. The molecule has 0 aromatic carbocycles. The fourth-order valence-electron chi connectivity index (χ4n) is 1.96. The summed E-state index contributed by atoms with van der Waals surface area (Å²) >= 11 is 0. The first kappa shape index (κ1) is 13.2. The van der Waals surface area contributed by atoms with E-state index in [0.717, 1.165) is 31.7 Å². The minimum Gasteiger partial charge on any atom is -0.383 e. The molecule has 0 aliphatic carbocycles. The van der Waals surface area contributed by atoms with E-state index in [1.807, 2.05) is 0 Å². The highest BCUT2D eigenvalue weighted by Crippen LogP contribution is 2.24. The van der Waals surface area contributed by atoms with E-state index in [4.69, 9.17) is 9.47 Å². The molecule has 1 fully saturated rings. The molecule has 6 heteroatoms. The van der Waals surface area contributed by atoms with E-state index in [9.17, 15) is 4.79 Å². The number of methoxy groups -OCH3 is 1. The minimum absolute atomic E-state index is 0.0587. The minimum atomic E-state index is -0.126. The van der Waals surface area contributed by atoms with E-state index in [-0.39, 0.29) is 11.7 Å². The first-order valence-electron chi connectivity index (χ1n) is 6.21. The molecule has 0 bridgehead atoms. The first-order valence-corrected chi connectivity index (χ1v) is 6.21. The molecule has 1 aromatic rings. The van der Waals surface area contributed by atoms with Gasteiger partial charge in [0.1, 0.15) is 11.9 Å². The van der Waals surface area contributed by atoms with E-state index in [1.165, 1.54) is 6.07 Å². The fraction of sp³-hybridized carbons (Fsp3) is 0.667. The van der Waals surface area contributed by atoms with Gasteiger partial charge in [0.2, 0.25) is 0 Å². The van der Waals surface area contributed by atoms with E-state index in [1.54, 1.807) is 7.11 Å². The van der Waals surface area contributed by atoms with Gasteiger partial charge in [-0.2, -0.15) is 0 Å². The third-order valence-electron chi connectivity index (χ3n) is 2.84. The third-order valence-corrected chi connectivity index (χ3v) is 2.84. The van der Waals surface area contributed by atoms with Gasteiger partial charge < -0.3 is 19.8 Å². The first-order chi connectivity index (χ1) is 8.79. The van der Waals surface area contributed by atoms with Crippen molar-refractivity contribution in [3.05, 3.63) is 27.9 Å². The number of H-pyrrole nitrogens is 1. The number of ether oxygens (including phenoxy) is 2. The zero-order valence-corrected chi connectivity index (χ0v) is 10.6. The molecule has 2 N–H and O–H groups in total. The molecular weight excluding hydrogens is 234 g/mol. The lowest BCUT2D eigenvalue weighted by Crippen LogP contribution is -2.22.